The molecule has 2 rings (SSSR count). The van der Waals surface area contributed by atoms with Crippen LogP contribution in [0.5, 0.6) is 0 Å². The molecule has 0 aliphatic carbocycles. The Morgan fingerprint density at radius 3 is 2.21 bits per heavy atom. The Labute approximate surface area is 116 Å². The molecule has 1 aliphatic rings. The number of hydrogen-bond donors (Lipinski definition) is 1. The first-order valence-corrected chi connectivity index (χ1v) is 6.85. The normalized spacial score (nSPS) is 23.2. The van der Waals surface area contributed by atoms with E-state index in [-0.39, 0.29) is 17.2 Å². The zero-order valence-corrected chi connectivity index (χ0v) is 12.6. The molecule has 0 saturated carbocycles. The molecule has 4 nitrogen and oxygen atoms in total. The molecule has 2 heterocycles. The third-order valence-electron chi connectivity index (χ3n) is 3.32. The van der Waals surface area contributed by atoms with Crippen molar-refractivity contribution >= 4 is 5.82 Å². The Bertz CT molecular complexity index is 421. The Morgan fingerprint density at radius 2 is 1.79 bits per heavy atom. The highest BCUT2D eigenvalue weighted by molar-refractivity contribution is 5.41. The second-order valence-electron chi connectivity index (χ2n) is 6.72. The van der Waals surface area contributed by atoms with E-state index in [4.69, 9.17) is 10.5 Å². The van der Waals surface area contributed by atoms with Gasteiger partial charge in [0.15, 0.2) is 0 Å². The zero-order valence-electron chi connectivity index (χ0n) is 12.6. The number of ether oxygens (including phenoxy) is 1. The van der Waals surface area contributed by atoms with E-state index in [1.807, 2.05) is 13.1 Å². The topological polar surface area (TPSA) is 51.4 Å². The quantitative estimate of drug-likeness (QED) is 0.890. The fraction of sp³-hybridized carbons (Fsp3) is 0.667. The van der Waals surface area contributed by atoms with Crippen LogP contribution in [0.15, 0.2) is 18.3 Å². The summed E-state index contributed by atoms with van der Waals surface area (Å²) < 4.78 is 6.09. The van der Waals surface area contributed by atoms with Crippen molar-refractivity contribution in [1.29, 1.82) is 0 Å². The second-order valence-corrected chi connectivity index (χ2v) is 6.72. The lowest BCUT2D eigenvalue weighted by molar-refractivity contribution is -0.133. The number of aromatic nitrogens is 1. The van der Waals surface area contributed by atoms with Crippen LogP contribution in [-0.4, -0.2) is 29.3 Å². The molecule has 1 atom stereocenters. The van der Waals surface area contributed by atoms with Crippen molar-refractivity contribution < 1.29 is 4.74 Å². The Morgan fingerprint density at radius 1 is 1.21 bits per heavy atom. The van der Waals surface area contributed by atoms with Crippen LogP contribution in [0.2, 0.25) is 0 Å². The summed E-state index contributed by atoms with van der Waals surface area (Å²) in [5, 5.41) is 0. The average molecular weight is 263 g/mol. The van der Waals surface area contributed by atoms with Gasteiger partial charge in [0.25, 0.3) is 0 Å². The lowest BCUT2D eigenvalue weighted by Gasteiger charge is -2.47. The standard InChI is InChI=1S/C15H25N3O/c1-11(16)12-6-7-13(17-8-12)18-9-14(2,3)19-15(4,5)10-18/h6-8,11H,9-10,16H2,1-5H3. The van der Waals surface area contributed by atoms with E-state index >= 15 is 0 Å². The molecule has 1 saturated heterocycles. The van der Waals surface area contributed by atoms with Gasteiger partial charge in [-0.2, -0.15) is 0 Å². The fourth-order valence-electron chi connectivity index (χ4n) is 2.80. The molecule has 1 aromatic rings. The SMILES string of the molecule is CC(N)c1ccc(N2CC(C)(C)OC(C)(C)C2)nc1. The van der Waals surface area contributed by atoms with Gasteiger partial charge in [-0.3, -0.25) is 0 Å². The lowest BCUT2D eigenvalue weighted by atomic mass is 9.99. The van der Waals surface area contributed by atoms with Crippen LogP contribution in [0.25, 0.3) is 0 Å². The molecule has 1 aromatic heterocycles. The van der Waals surface area contributed by atoms with Gasteiger partial charge in [-0.05, 0) is 46.2 Å². The molecule has 19 heavy (non-hydrogen) atoms. The highest BCUT2D eigenvalue weighted by atomic mass is 16.5. The number of nitrogens with two attached hydrogens (primary N) is 1. The summed E-state index contributed by atoms with van der Waals surface area (Å²) in [6.45, 7) is 12.2. The highest BCUT2D eigenvalue weighted by Crippen LogP contribution is 2.30. The van der Waals surface area contributed by atoms with Crippen molar-refractivity contribution in [1.82, 2.24) is 4.98 Å². The van der Waals surface area contributed by atoms with Gasteiger partial charge in [0, 0.05) is 25.3 Å². The van der Waals surface area contributed by atoms with Crippen LogP contribution < -0.4 is 10.6 Å². The van der Waals surface area contributed by atoms with Crippen LogP contribution in [0, 0.1) is 0 Å². The summed E-state index contributed by atoms with van der Waals surface area (Å²) in [7, 11) is 0. The predicted molar refractivity (Wildman–Crippen MR) is 78.3 cm³/mol. The largest absolute Gasteiger partial charge is 0.366 e. The molecule has 2 N–H and O–H groups in total. The number of rotatable bonds is 2. The maximum absolute atomic E-state index is 6.09. The molecule has 0 bridgehead atoms. The second kappa shape index (κ2) is 4.76. The Kier molecular flexibility index (Phi) is 3.58. The number of hydrogen-bond acceptors (Lipinski definition) is 4. The minimum absolute atomic E-state index is 0.0270. The van der Waals surface area contributed by atoms with Crippen LogP contribution in [-0.2, 0) is 4.74 Å². The minimum Gasteiger partial charge on any atom is -0.366 e. The van der Waals surface area contributed by atoms with Gasteiger partial charge in [0.05, 0.1) is 11.2 Å². The Hall–Kier alpha value is -1.13. The van der Waals surface area contributed by atoms with Gasteiger partial charge in [0.1, 0.15) is 5.82 Å². The van der Waals surface area contributed by atoms with Crippen LogP contribution in [0.3, 0.4) is 0 Å². The van der Waals surface area contributed by atoms with Crippen molar-refractivity contribution in [3.05, 3.63) is 23.9 Å². The van der Waals surface area contributed by atoms with E-state index in [9.17, 15) is 0 Å². The molecule has 0 radical (unpaired) electrons. The third kappa shape index (κ3) is 3.45. The van der Waals surface area contributed by atoms with Gasteiger partial charge in [0.2, 0.25) is 0 Å². The number of anilines is 1. The van der Waals surface area contributed by atoms with Crippen molar-refractivity contribution in [2.24, 2.45) is 5.73 Å². The van der Waals surface area contributed by atoms with Gasteiger partial charge >= 0.3 is 0 Å². The fourth-order valence-corrected chi connectivity index (χ4v) is 2.80. The van der Waals surface area contributed by atoms with Crippen molar-refractivity contribution in [3.63, 3.8) is 0 Å². The van der Waals surface area contributed by atoms with Crippen LogP contribution in [0.1, 0.15) is 46.2 Å². The summed E-state index contributed by atoms with van der Waals surface area (Å²) in [6.07, 6.45) is 1.87. The summed E-state index contributed by atoms with van der Waals surface area (Å²) in [6, 6.07) is 4.14. The maximum atomic E-state index is 6.09. The van der Waals surface area contributed by atoms with Crippen LogP contribution in [0.4, 0.5) is 5.82 Å². The molecule has 0 amide bonds. The minimum atomic E-state index is -0.163. The molecular weight excluding hydrogens is 238 g/mol. The average Bonchev–Trinajstić information content (AvgIpc) is 2.25. The van der Waals surface area contributed by atoms with Crippen molar-refractivity contribution in [2.75, 3.05) is 18.0 Å². The summed E-state index contributed by atoms with van der Waals surface area (Å²) in [4.78, 5) is 6.83. The Balaban J connectivity index is 2.21. The number of morpholine rings is 1. The van der Waals surface area contributed by atoms with Gasteiger partial charge in [-0.1, -0.05) is 6.07 Å². The third-order valence-corrected chi connectivity index (χ3v) is 3.32. The summed E-state index contributed by atoms with van der Waals surface area (Å²) in [5.41, 5.74) is 6.59. The first-order valence-electron chi connectivity index (χ1n) is 6.85. The van der Waals surface area contributed by atoms with E-state index in [0.29, 0.717) is 0 Å². The van der Waals surface area contributed by atoms with E-state index in [1.54, 1.807) is 0 Å². The lowest BCUT2D eigenvalue weighted by Crippen LogP contribution is -2.57. The van der Waals surface area contributed by atoms with Crippen molar-refractivity contribution in [2.45, 2.75) is 51.9 Å². The number of nitrogens with zero attached hydrogens (tertiary/aromatic N) is 2. The van der Waals surface area contributed by atoms with E-state index in [1.165, 1.54) is 0 Å². The molecule has 0 spiro atoms. The molecule has 1 unspecified atom stereocenters. The molecule has 1 fully saturated rings. The zero-order chi connectivity index (χ0) is 14.3. The summed E-state index contributed by atoms with van der Waals surface area (Å²) in [5.74, 6) is 0.994. The molecule has 4 heteroatoms. The molecule has 1 aliphatic heterocycles. The van der Waals surface area contributed by atoms with E-state index in [2.05, 4.69) is 49.7 Å². The van der Waals surface area contributed by atoms with E-state index < -0.39 is 0 Å². The maximum Gasteiger partial charge on any atom is 0.128 e. The smallest absolute Gasteiger partial charge is 0.128 e. The van der Waals surface area contributed by atoms with Crippen molar-refractivity contribution in [3.8, 4) is 0 Å². The van der Waals surface area contributed by atoms with Crippen LogP contribution >= 0.6 is 0 Å². The molecular formula is C15H25N3O. The monoisotopic (exact) mass is 263 g/mol. The number of pyridine rings is 1. The summed E-state index contributed by atoms with van der Waals surface area (Å²) >= 11 is 0. The first-order chi connectivity index (χ1) is 8.69. The van der Waals surface area contributed by atoms with E-state index in [0.717, 1.165) is 24.5 Å². The van der Waals surface area contributed by atoms with Gasteiger partial charge in [-0.15, -0.1) is 0 Å². The predicted octanol–water partition coefficient (Wildman–Crippen LogP) is 2.50. The molecule has 0 aromatic carbocycles. The first kappa shape index (κ1) is 14.3. The molecule has 106 valence electrons. The highest BCUT2D eigenvalue weighted by Gasteiger charge is 2.38. The van der Waals surface area contributed by atoms with Gasteiger partial charge < -0.3 is 15.4 Å². The van der Waals surface area contributed by atoms with Gasteiger partial charge in [-0.25, -0.2) is 4.98 Å².